The molecule has 0 aliphatic carbocycles. The third-order valence-corrected chi connectivity index (χ3v) is 2.99. The molecule has 1 N–H and O–H groups in total. The van der Waals surface area contributed by atoms with Gasteiger partial charge in [-0.1, -0.05) is 6.07 Å². The number of anilines is 1. The van der Waals surface area contributed by atoms with Crippen molar-refractivity contribution < 1.29 is 9.53 Å². The molecule has 1 fully saturated rings. The summed E-state index contributed by atoms with van der Waals surface area (Å²) in [4.78, 5) is 11.7. The van der Waals surface area contributed by atoms with Crippen molar-refractivity contribution in [1.82, 2.24) is 0 Å². The van der Waals surface area contributed by atoms with Crippen LogP contribution < -0.4 is 5.32 Å². The number of nitrogens with one attached hydrogen (secondary N) is 1. The molecule has 1 aliphatic rings. The first kappa shape index (κ1) is 10.9. The van der Waals surface area contributed by atoms with E-state index in [1.54, 1.807) is 0 Å². The first-order valence-electron chi connectivity index (χ1n) is 4.94. The van der Waals surface area contributed by atoms with Crippen molar-refractivity contribution in [2.75, 3.05) is 11.9 Å². The Kier molecular flexibility index (Phi) is 3.58. The van der Waals surface area contributed by atoms with Gasteiger partial charge in [-0.05, 0) is 53.6 Å². The fraction of sp³-hybridized carbons (Fsp3) is 0.364. The zero-order valence-corrected chi connectivity index (χ0v) is 10.4. The van der Waals surface area contributed by atoms with E-state index >= 15 is 0 Å². The summed E-state index contributed by atoms with van der Waals surface area (Å²) < 4.78 is 6.41. The Balaban J connectivity index is 1.99. The maximum absolute atomic E-state index is 11.7. The number of hydrogen-bond acceptors (Lipinski definition) is 2. The Morgan fingerprint density at radius 1 is 1.53 bits per heavy atom. The monoisotopic (exact) mass is 317 g/mol. The Hall–Kier alpha value is -0.620. The van der Waals surface area contributed by atoms with E-state index < -0.39 is 0 Å². The smallest absolute Gasteiger partial charge is 0.253 e. The van der Waals surface area contributed by atoms with Crippen LogP contribution in [0.25, 0.3) is 0 Å². The molecule has 1 saturated heterocycles. The maximum Gasteiger partial charge on any atom is 0.253 e. The van der Waals surface area contributed by atoms with Crippen LogP contribution in [-0.2, 0) is 9.53 Å². The van der Waals surface area contributed by atoms with Gasteiger partial charge in [0.1, 0.15) is 6.10 Å². The van der Waals surface area contributed by atoms with Crippen molar-refractivity contribution in [2.24, 2.45) is 0 Å². The second-order valence-electron chi connectivity index (χ2n) is 3.50. The summed E-state index contributed by atoms with van der Waals surface area (Å²) in [5.74, 6) is -0.0329. The quantitative estimate of drug-likeness (QED) is 0.851. The van der Waals surface area contributed by atoms with E-state index in [4.69, 9.17) is 4.74 Å². The van der Waals surface area contributed by atoms with Crippen LogP contribution in [-0.4, -0.2) is 18.6 Å². The molecule has 1 heterocycles. The van der Waals surface area contributed by atoms with E-state index in [0.717, 1.165) is 22.1 Å². The topological polar surface area (TPSA) is 38.3 Å². The molecule has 0 bridgehead atoms. The van der Waals surface area contributed by atoms with Crippen LogP contribution in [0.1, 0.15) is 12.8 Å². The lowest BCUT2D eigenvalue weighted by atomic mass is 10.2. The molecule has 0 aromatic heterocycles. The summed E-state index contributed by atoms with van der Waals surface area (Å²) in [6, 6.07) is 7.73. The number of benzene rings is 1. The first-order valence-corrected chi connectivity index (χ1v) is 6.01. The molecule has 1 aromatic rings. The van der Waals surface area contributed by atoms with Gasteiger partial charge in [-0.25, -0.2) is 0 Å². The van der Waals surface area contributed by atoms with E-state index in [1.807, 2.05) is 24.3 Å². The van der Waals surface area contributed by atoms with Gasteiger partial charge in [0.2, 0.25) is 0 Å². The van der Waals surface area contributed by atoms with Gasteiger partial charge in [-0.2, -0.15) is 0 Å². The van der Waals surface area contributed by atoms with Crippen LogP contribution in [0.15, 0.2) is 24.3 Å². The summed E-state index contributed by atoms with van der Waals surface area (Å²) in [5.41, 5.74) is 0.836. The predicted octanol–water partition coefficient (Wildman–Crippen LogP) is 2.41. The summed E-state index contributed by atoms with van der Waals surface area (Å²) in [7, 11) is 0. The average Bonchev–Trinajstić information content (AvgIpc) is 2.70. The lowest BCUT2D eigenvalue weighted by Gasteiger charge is -2.10. The molecule has 0 radical (unpaired) electrons. The molecule has 0 saturated carbocycles. The number of rotatable bonds is 2. The van der Waals surface area contributed by atoms with Crippen molar-refractivity contribution in [2.45, 2.75) is 18.9 Å². The average molecular weight is 317 g/mol. The van der Waals surface area contributed by atoms with Gasteiger partial charge in [-0.3, -0.25) is 4.79 Å². The highest BCUT2D eigenvalue weighted by atomic mass is 127. The number of carbonyl (C=O) groups is 1. The zero-order valence-electron chi connectivity index (χ0n) is 8.20. The number of halogens is 1. The lowest BCUT2D eigenvalue weighted by molar-refractivity contribution is -0.124. The molecule has 15 heavy (non-hydrogen) atoms. The SMILES string of the molecule is O=C(Nc1cccc(I)c1)[C@H]1CCCO1. The molecule has 1 atom stereocenters. The van der Waals surface area contributed by atoms with Gasteiger partial charge in [0, 0.05) is 15.9 Å². The fourth-order valence-corrected chi connectivity index (χ4v) is 2.12. The number of ether oxygens (including phenoxy) is 1. The predicted molar refractivity (Wildman–Crippen MR) is 66.8 cm³/mol. The lowest BCUT2D eigenvalue weighted by Crippen LogP contribution is -2.26. The first-order chi connectivity index (χ1) is 7.25. The minimum absolute atomic E-state index is 0.0329. The maximum atomic E-state index is 11.7. The molecule has 0 unspecified atom stereocenters. The molecule has 2 rings (SSSR count). The largest absolute Gasteiger partial charge is 0.368 e. The summed E-state index contributed by atoms with van der Waals surface area (Å²) in [6.07, 6.45) is 1.54. The zero-order chi connectivity index (χ0) is 10.7. The number of carbonyl (C=O) groups excluding carboxylic acids is 1. The number of amides is 1. The third kappa shape index (κ3) is 2.92. The van der Waals surface area contributed by atoms with Crippen molar-refractivity contribution in [1.29, 1.82) is 0 Å². The minimum Gasteiger partial charge on any atom is -0.368 e. The Morgan fingerprint density at radius 2 is 2.40 bits per heavy atom. The van der Waals surface area contributed by atoms with Crippen molar-refractivity contribution >= 4 is 34.2 Å². The highest BCUT2D eigenvalue weighted by Gasteiger charge is 2.23. The van der Waals surface area contributed by atoms with E-state index in [1.165, 1.54) is 0 Å². The van der Waals surface area contributed by atoms with Gasteiger partial charge in [0.25, 0.3) is 5.91 Å². The second kappa shape index (κ2) is 4.94. The highest BCUT2D eigenvalue weighted by molar-refractivity contribution is 14.1. The third-order valence-electron chi connectivity index (χ3n) is 2.31. The van der Waals surface area contributed by atoms with Gasteiger partial charge in [0.05, 0.1) is 0 Å². The molecule has 80 valence electrons. The molecular weight excluding hydrogens is 305 g/mol. The summed E-state index contributed by atoms with van der Waals surface area (Å²) in [5, 5.41) is 2.86. The van der Waals surface area contributed by atoms with Crippen LogP contribution in [0.5, 0.6) is 0 Å². The van der Waals surface area contributed by atoms with E-state index in [-0.39, 0.29) is 12.0 Å². The van der Waals surface area contributed by atoms with Crippen LogP contribution in [0, 0.1) is 3.57 Å². The standard InChI is InChI=1S/C11H12INO2/c12-8-3-1-4-9(7-8)13-11(14)10-5-2-6-15-10/h1,3-4,7,10H,2,5-6H2,(H,13,14)/t10-/m1/s1. The van der Waals surface area contributed by atoms with E-state index in [0.29, 0.717) is 6.61 Å². The van der Waals surface area contributed by atoms with E-state index in [9.17, 15) is 4.79 Å². The van der Waals surface area contributed by atoms with Crippen LogP contribution in [0.3, 0.4) is 0 Å². The van der Waals surface area contributed by atoms with Crippen LogP contribution in [0.2, 0.25) is 0 Å². The Bertz CT molecular complexity index is 361. The van der Waals surface area contributed by atoms with Gasteiger partial charge in [0.15, 0.2) is 0 Å². The van der Waals surface area contributed by atoms with Crippen LogP contribution in [0.4, 0.5) is 5.69 Å². The van der Waals surface area contributed by atoms with Crippen molar-refractivity contribution in [3.63, 3.8) is 0 Å². The molecule has 1 amide bonds. The number of hydrogen-bond donors (Lipinski definition) is 1. The Morgan fingerprint density at radius 3 is 3.07 bits per heavy atom. The summed E-state index contributed by atoms with van der Waals surface area (Å²) in [6.45, 7) is 0.699. The highest BCUT2D eigenvalue weighted by Crippen LogP contribution is 2.16. The van der Waals surface area contributed by atoms with Gasteiger partial charge in [-0.15, -0.1) is 0 Å². The van der Waals surface area contributed by atoms with Gasteiger partial charge < -0.3 is 10.1 Å². The molecule has 1 aromatic carbocycles. The summed E-state index contributed by atoms with van der Waals surface area (Å²) >= 11 is 2.22. The molecule has 4 heteroatoms. The van der Waals surface area contributed by atoms with Gasteiger partial charge >= 0.3 is 0 Å². The molecular formula is C11H12INO2. The minimum atomic E-state index is -0.261. The second-order valence-corrected chi connectivity index (χ2v) is 4.75. The van der Waals surface area contributed by atoms with Crippen molar-refractivity contribution in [3.8, 4) is 0 Å². The molecule has 3 nitrogen and oxygen atoms in total. The van der Waals surface area contributed by atoms with E-state index in [2.05, 4.69) is 27.9 Å². The Labute approximate surface area is 102 Å². The molecule has 0 spiro atoms. The molecule has 1 aliphatic heterocycles. The van der Waals surface area contributed by atoms with Crippen LogP contribution >= 0.6 is 22.6 Å². The fourth-order valence-electron chi connectivity index (χ4n) is 1.57. The normalized spacial score (nSPS) is 20.2. The van der Waals surface area contributed by atoms with Crippen molar-refractivity contribution in [3.05, 3.63) is 27.8 Å².